The lowest BCUT2D eigenvalue weighted by Crippen LogP contribution is -2.60. The molecular weight excluding hydrogens is 266 g/mol. The van der Waals surface area contributed by atoms with Crippen molar-refractivity contribution >= 4 is 11.3 Å². The second-order valence-corrected chi connectivity index (χ2v) is 7.30. The Morgan fingerprint density at radius 3 is 2.45 bits per heavy atom. The lowest BCUT2D eigenvalue weighted by molar-refractivity contribution is 0.0844. The number of hydrazine groups is 1. The number of nitrogens with two attached hydrogens (primary N) is 1. The summed E-state index contributed by atoms with van der Waals surface area (Å²) in [6, 6.07) is 4.84. The molecule has 2 heterocycles. The monoisotopic (exact) mass is 295 g/mol. The van der Waals surface area contributed by atoms with E-state index < -0.39 is 0 Å². The van der Waals surface area contributed by atoms with Crippen LogP contribution in [0.5, 0.6) is 0 Å². The van der Waals surface area contributed by atoms with E-state index in [1.165, 1.54) is 35.7 Å². The molecule has 0 aliphatic carbocycles. The molecule has 2 rings (SSSR count). The van der Waals surface area contributed by atoms with Crippen molar-refractivity contribution in [1.29, 1.82) is 0 Å². The number of hydrogen-bond donors (Lipinski definition) is 2. The van der Waals surface area contributed by atoms with E-state index in [0.717, 1.165) is 19.3 Å². The third kappa shape index (κ3) is 3.25. The molecule has 0 radical (unpaired) electrons. The van der Waals surface area contributed by atoms with Crippen molar-refractivity contribution in [2.75, 3.05) is 13.1 Å². The zero-order valence-corrected chi connectivity index (χ0v) is 13.9. The maximum absolute atomic E-state index is 5.92. The van der Waals surface area contributed by atoms with Gasteiger partial charge in [0.1, 0.15) is 0 Å². The molecule has 0 spiro atoms. The van der Waals surface area contributed by atoms with E-state index >= 15 is 0 Å². The highest BCUT2D eigenvalue weighted by atomic mass is 32.1. The molecule has 2 unspecified atom stereocenters. The number of thiophene rings is 1. The van der Waals surface area contributed by atoms with E-state index in [1.807, 2.05) is 11.3 Å². The molecule has 0 bridgehead atoms. The Bertz CT molecular complexity index is 412. The fraction of sp³-hybridized carbons (Fsp3) is 0.750. The Labute approximate surface area is 127 Å². The Morgan fingerprint density at radius 1 is 1.30 bits per heavy atom. The number of nitrogens with one attached hydrogen (secondary N) is 1. The molecule has 1 aromatic rings. The van der Waals surface area contributed by atoms with E-state index in [-0.39, 0.29) is 5.54 Å². The zero-order chi connectivity index (χ0) is 14.6. The molecule has 1 saturated heterocycles. The number of likely N-dealkylation sites (tertiary alicyclic amines) is 1. The molecule has 0 aromatic carbocycles. The van der Waals surface area contributed by atoms with Crippen LogP contribution in [0.3, 0.4) is 0 Å². The minimum atomic E-state index is 0.154. The first-order valence-electron chi connectivity index (χ1n) is 7.92. The van der Waals surface area contributed by atoms with Crippen LogP contribution in [0.1, 0.15) is 49.8 Å². The van der Waals surface area contributed by atoms with E-state index in [2.05, 4.69) is 43.2 Å². The van der Waals surface area contributed by atoms with Crippen LogP contribution >= 0.6 is 11.3 Å². The largest absolute Gasteiger partial charge is 0.296 e. The van der Waals surface area contributed by atoms with Crippen molar-refractivity contribution in [3.8, 4) is 0 Å². The molecule has 114 valence electrons. The van der Waals surface area contributed by atoms with Crippen molar-refractivity contribution in [3.05, 3.63) is 21.9 Å². The van der Waals surface area contributed by atoms with Crippen LogP contribution in [-0.2, 0) is 12.8 Å². The van der Waals surface area contributed by atoms with Gasteiger partial charge in [-0.3, -0.25) is 16.2 Å². The van der Waals surface area contributed by atoms with Crippen LogP contribution in [0.25, 0.3) is 0 Å². The molecule has 1 fully saturated rings. The highest BCUT2D eigenvalue weighted by Crippen LogP contribution is 2.30. The van der Waals surface area contributed by atoms with Gasteiger partial charge < -0.3 is 0 Å². The molecule has 3 N–H and O–H groups in total. The van der Waals surface area contributed by atoms with Gasteiger partial charge in [-0.05, 0) is 57.8 Å². The lowest BCUT2D eigenvalue weighted by atomic mass is 9.85. The van der Waals surface area contributed by atoms with E-state index in [4.69, 9.17) is 5.84 Å². The quantitative estimate of drug-likeness (QED) is 0.600. The standard InChI is InChI=1S/C16H29N3S/c1-4-13-8-9-14(20-13)12-15(18-17)16(3,5-2)19-10-6-7-11-19/h8-9,15,18H,4-7,10-12,17H2,1-3H3. The Hall–Kier alpha value is -0.420. The van der Waals surface area contributed by atoms with E-state index in [0.29, 0.717) is 6.04 Å². The lowest BCUT2D eigenvalue weighted by Gasteiger charge is -2.44. The van der Waals surface area contributed by atoms with Gasteiger partial charge in [-0.1, -0.05) is 13.8 Å². The van der Waals surface area contributed by atoms with Crippen LogP contribution < -0.4 is 11.3 Å². The molecule has 20 heavy (non-hydrogen) atoms. The molecule has 0 saturated carbocycles. The summed E-state index contributed by atoms with van der Waals surface area (Å²) in [6.45, 7) is 9.31. The number of aryl methyl sites for hydroxylation is 1. The summed E-state index contributed by atoms with van der Waals surface area (Å²) in [5.41, 5.74) is 3.27. The van der Waals surface area contributed by atoms with Crippen molar-refractivity contribution < 1.29 is 0 Å². The summed E-state index contributed by atoms with van der Waals surface area (Å²) < 4.78 is 0. The first-order valence-corrected chi connectivity index (χ1v) is 8.74. The summed E-state index contributed by atoms with van der Waals surface area (Å²) in [4.78, 5) is 5.55. The second kappa shape index (κ2) is 7.03. The average Bonchev–Trinajstić information content (AvgIpc) is 3.15. The van der Waals surface area contributed by atoms with Crippen molar-refractivity contribution in [1.82, 2.24) is 10.3 Å². The summed E-state index contributed by atoms with van der Waals surface area (Å²) >= 11 is 1.93. The van der Waals surface area contributed by atoms with Crippen molar-refractivity contribution in [2.45, 2.75) is 64.5 Å². The molecular formula is C16H29N3S. The number of rotatable bonds is 7. The SMILES string of the molecule is CCc1ccc(CC(NN)C(C)(CC)N2CCCC2)s1. The third-order valence-corrected chi connectivity index (χ3v) is 6.22. The van der Waals surface area contributed by atoms with Gasteiger partial charge in [-0.2, -0.15) is 0 Å². The van der Waals surface area contributed by atoms with Gasteiger partial charge in [0.15, 0.2) is 0 Å². The average molecular weight is 295 g/mol. The minimum Gasteiger partial charge on any atom is -0.296 e. The van der Waals surface area contributed by atoms with Gasteiger partial charge in [-0.15, -0.1) is 11.3 Å². The van der Waals surface area contributed by atoms with Gasteiger partial charge in [0, 0.05) is 27.8 Å². The van der Waals surface area contributed by atoms with Gasteiger partial charge in [0.2, 0.25) is 0 Å². The summed E-state index contributed by atoms with van der Waals surface area (Å²) in [6.07, 6.45) is 5.94. The summed E-state index contributed by atoms with van der Waals surface area (Å²) in [5.74, 6) is 5.92. The smallest absolute Gasteiger partial charge is 0.0440 e. The predicted octanol–water partition coefficient (Wildman–Crippen LogP) is 2.95. The highest BCUT2D eigenvalue weighted by Gasteiger charge is 2.39. The maximum atomic E-state index is 5.92. The Balaban J connectivity index is 2.11. The van der Waals surface area contributed by atoms with E-state index in [1.54, 1.807) is 0 Å². The first kappa shape index (κ1) is 16.0. The topological polar surface area (TPSA) is 41.3 Å². The summed E-state index contributed by atoms with van der Waals surface area (Å²) in [7, 11) is 0. The normalized spacial score (nSPS) is 21.0. The predicted molar refractivity (Wildman–Crippen MR) is 88.0 cm³/mol. The zero-order valence-electron chi connectivity index (χ0n) is 13.1. The van der Waals surface area contributed by atoms with Crippen LogP contribution in [-0.4, -0.2) is 29.6 Å². The van der Waals surface area contributed by atoms with Crippen LogP contribution in [0.2, 0.25) is 0 Å². The molecule has 3 nitrogen and oxygen atoms in total. The van der Waals surface area contributed by atoms with Crippen LogP contribution in [0.4, 0.5) is 0 Å². The first-order chi connectivity index (χ1) is 9.63. The highest BCUT2D eigenvalue weighted by molar-refractivity contribution is 7.11. The number of nitrogens with zero attached hydrogens (tertiary/aromatic N) is 1. The second-order valence-electron chi connectivity index (χ2n) is 6.05. The molecule has 2 atom stereocenters. The van der Waals surface area contributed by atoms with Gasteiger partial charge in [0.25, 0.3) is 0 Å². The van der Waals surface area contributed by atoms with Crippen LogP contribution in [0, 0.1) is 0 Å². The molecule has 0 amide bonds. The molecule has 1 aromatic heterocycles. The molecule has 1 aliphatic rings. The fourth-order valence-corrected chi connectivity index (χ4v) is 4.30. The Kier molecular flexibility index (Phi) is 5.61. The fourth-order valence-electron chi connectivity index (χ4n) is 3.30. The van der Waals surface area contributed by atoms with Crippen molar-refractivity contribution in [3.63, 3.8) is 0 Å². The third-order valence-electron chi connectivity index (χ3n) is 4.97. The van der Waals surface area contributed by atoms with Gasteiger partial charge in [0.05, 0.1) is 0 Å². The van der Waals surface area contributed by atoms with E-state index in [9.17, 15) is 0 Å². The minimum absolute atomic E-state index is 0.154. The molecule has 1 aliphatic heterocycles. The van der Waals surface area contributed by atoms with Gasteiger partial charge >= 0.3 is 0 Å². The van der Waals surface area contributed by atoms with Crippen molar-refractivity contribution in [2.24, 2.45) is 5.84 Å². The maximum Gasteiger partial charge on any atom is 0.0440 e. The number of hydrogen-bond acceptors (Lipinski definition) is 4. The van der Waals surface area contributed by atoms with Crippen LogP contribution in [0.15, 0.2) is 12.1 Å². The van der Waals surface area contributed by atoms with Gasteiger partial charge in [-0.25, -0.2) is 0 Å². The molecule has 4 heteroatoms. The Morgan fingerprint density at radius 2 is 1.95 bits per heavy atom. The summed E-state index contributed by atoms with van der Waals surface area (Å²) in [5, 5.41) is 0.